The Morgan fingerprint density at radius 2 is 1.86 bits per heavy atom. The molecule has 0 spiro atoms. The molecule has 2 heteroatoms. The highest BCUT2D eigenvalue weighted by Crippen LogP contribution is 2.28. The number of nitrogens with zero attached hydrogens (tertiary/aromatic N) is 1. The van der Waals surface area contributed by atoms with E-state index in [4.69, 9.17) is 0 Å². The Bertz CT molecular complexity index is 216. The Hall–Kier alpha value is -0.370. The van der Waals surface area contributed by atoms with Gasteiger partial charge >= 0.3 is 0 Å². The van der Waals surface area contributed by atoms with Crippen LogP contribution in [0.25, 0.3) is 0 Å². The highest BCUT2D eigenvalue weighted by atomic mass is 16.1. The molecule has 0 amide bonds. The van der Waals surface area contributed by atoms with Gasteiger partial charge in [0.25, 0.3) is 0 Å². The zero-order chi connectivity index (χ0) is 10.1. The topological polar surface area (TPSA) is 20.3 Å². The molecule has 0 aromatic carbocycles. The predicted octanol–water partition coefficient (Wildman–Crippen LogP) is 2.09. The van der Waals surface area contributed by atoms with E-state index < -0.39 is 0 Å². The Balaban J connectivity index is 1.93. The molecule has 0 N–H and O–H groups in total. The highest BCUT2D eigenvalue weighted by molar-refractivity contribution is 5.81. The molecule has 3 unspecified atom stereocenters. The number of ketones is 1. The minimum absolute atomic E-state index is 0.473. The molecular weight excluding hydrogens is 174 g/mol. The smallest absolute Gasteiger partial charge is 0.134 e. The summed E-state index contributed by atoms with van der Waals surface area (Å²) in [5.74, 6) is 2.10. The molecule has 1 saturated carbocycles. The van der Waals surface area contributed by atoms with Crippen LogP contribution in [0.2, 0.25) is 0 Å². The molecule has 0 bridgehead atoms. The van der Waals surface area contributed by atoms with Gasteiger partial charge in [-0.15, -0.1) is 0 Å². The summed E-state index contributed by atoms with van der Waals surface area (Å²) in [6.07, 6.45) is 4.11. The number of carbonyl (C=O) groups excluding carboxylic acids is 1. The van der Waals surface area contributed by atoms with Crippen molar-refractivity contribution >= 4 is 5.78 Å². The van der Waals surface area contributed by atoms with E-state index in [1.165, 1.54) is 19.5 Å². The first-order chi connectivity index (χ1) is 6.65. The summed E-state index contributed by atoms with van der Waals surface area (Å²) in [5.41, 5.74) is 0. The molecule has 0 radical (unpaired) electrons. The third kappa shape index (κ3) is 2.17. The number of carbonyl (C=O) groups is 1. The first kappa shape index (κ1) is 10.2. The summed E-state index contributed by atoms with van der Waals surface area (Å²) in [4.78, 5) is 13.8. The molecule has 14 heavy (non-hydrogen) atoms. The summed E-state index contributed by atoms with van der Waals surface area (Å²) in [7, 11) is 0. The van der Waals surface area contributed by atoms with Crippen LogP contribution in [0.4, 0.5) is 0 Å². The first-order valence-electron chi connectivity index (χ1n) is 5.91. The average molecular weight is 195 g/mol. The van der Waals surface area contributed by atoms with Crippen LogP contribution in [0.5, 0.6) is 0 Å². The van der Waals surface area contributed by atoms with Crippen molar-refractivity contribution in [2.75, 3.05) is 13.1 Å². The molecule has 3 atom stereocenters. The van der Waals surface area contributed by atoms with Gasteiger partial charge in [-0.25, -0.2) is 0 Å². The average Bonchev–Trinajstić information content (AvgIpc) is 2.50. The predicted molar refractivity (Wildman–Crippen MR) is 57.2 cm³/mol. The minimum Gasteiger partial charge on any atom is -0.300 e. The molecule has 1 aliphatic heterocycles. The molecule has 0 aromatic heterocycles. The van der Waals surface area contributed by atoms with Crippen molar-refractivity contribution in [1.29, 1.82) is 0 Å². The number of rotatable bonds is 1. The van der Waals surface area contributed by atoms with Crippen LogP contribution in [0, 0.1) is 11.8 Å². The number of hydrogen-bond acceptors (Lipinski definition) is 2. The van der Waals surface area contributed by atoms with Crippen molar-refractivity contribution in [2.45, 2.75) is 45.6 Å². The van der Waals surface area contributed by atoms with Gasteiger partial charge in [0.1, 0.15) is 5.78 Å². The van der Waals surface area contributed by atoms with Crippen molar-refractivity contribution in [3.63, 3.8) is 0 Å². The standard InChI is InChI=1S/C12H21NO/c1-9-5-10(2)8-13(7-9)11-3-4-12(14)6-11/h9-11H,3-8H2,1-2H3. The summed E-state index contributed by atoms with van der Waals surface area (Å²) in [6, 6.07) is 0.577. The maximum Gasteiger partial charge on any atom is 0.134 e. The Labute approximate surface area is 86.7 Å². The van der Waals surface area contributed by atoms with Crippen molar-refractivity contribution in [2.24, 2.45) is 11.8 Å². The first-order valence-corrected chi connectivity index (χ1v) is 5.91. The van der Waals surface area contributed by atoms with Gasteiger partial charge in [0.05, 0.1) is 0 Å². The van der Waals surface area contributed by atoms with Crippen LogP contribution >= 0.6 is 0 Å². The lowest BCUT2D eigenvalue weighted by molar-refractivity contribution is -0.117. The lowest BCUT2D eigenvalue weighted by Gasteiger charge is -2.38. The van der Waals surface area contributed by atoms with Gasteiger partial charge in [-0.2, -0.15) is 0 Å². The van der Waals surface area contributed by atoms with Gasteiger partial charge in [0.15, 0.2) is 0 Å². The molecule has 2 nitrogen and oxygen atoms in total. The number of Topliss-reactive ketones (excluding diaryl/α,β-unsaturated/α-hetero) is 1. The van der Waals surface area contributed by atoms with Gasteiger partial charge in [-0.05, 0) is 24.7 Å². The Morgan fingerprint density at radius 3 is 2.36 bits per heavy atom. The fourth-order valence-corrected chi connectivity index (χ4v) is 3.12. The molecule has 1 aliphatic carbocycles. The lowest BCUT2D eigenvalue weighted by Crippen LogP contribution is -2.44. The van der Waals surface area contributed by atoms with E-state index in [1.54, 1.807) is 0 Å². The van der Waals surface area contributed by atoms with Gasteiger partial charge < -0.3 is 0 Å². The third-order valence-corrected chi connectivity index (χ3v) is 3.63. The van der Waals surface area contributed by atoms with E-state index in [-0.39, 0.29) is 0 Å². The molecule has 2 aliphatic rings. The van der Waals surface area contributed by atoms with Crippen molar-refractivity contribution in [1.82, 2.24) is 4.90 Å². The Kier molecular flexibility index (Phi) is 2.91. The van der Waals surface area contributed by atoms with E-state index in [0.717, 1.165) is 31.1 Å². The van der Waals surface area contributed by atoms with Crippen LogP contribution in [-0.4, -0.2) is 29.8 Å². The second-order valence-corrected chi connectivity index (χ2v) is 5.34. The summed E-state index contributed by atoms with van der Waals surface area (Å²) >= 11 is 0. The van der Waals surface area contributed by atoms with Crippen LogP contribution in [0.15, 0.2) is 0 Å². The molecular formula is C12H21NO. The molecule has 0 aromatic rings. The van der Waals surface area contributed by atoms with E-state index in [1.807, 2.05) is 0 Å². The largest absolute Gasteiger partial charge is 0.300 e. The van der Waals surface area contributed by atoms with E-state index in [0.29, 0.717) is 11.8 Å². The van der Waals surface area contributed by atoms with Crippen LogP contribution in [0.1, 0.15) is 39.5 Å². The van der Waals surface area contributed by atoms with Crippen molar-refractivity contribution in [3.8, 4) is 0 Å². The number of piperidine rings is 1. The van der Waals surface area contributed by atoms with E-state index in [9.17, 15) is 4.79 Å². The van der Waals surface area contributed by atoms with Gasteiger partial charge in [-0.3, -0.25) is 9.69 Å². The second kappa shape index (κ2) is 4.01. The van der Waals surface area contributed by atoms with Crippen LogP contribution < -0.4 is 0 Å². The molecule has 2 rings (SSSR count). The van der Waals surface area contributed by atoms with Crippen molar-refractivity contribution in [3.05, 3.63) is 0 Å². The SMILES string of the molecule is CC1CC(C)CN(C2CCC(=O)C2)C1. The molecule has 2 fully saturated rings. The highest BCUT2D eigenvalue weighted by Gasteiger charge is 2.31. The lowest BCUT2D eigenvalue weighted by atomic mass is 9.90. The van der Waals surface area contributed by atoms with E-state index >= 15 is 0 Å². The summed E-state index contributed by atoms with van der Waals surface area (Å²) in [6.45, 7) is 7.09. The summed E-state index contributed by atoms with van der Waals surface area (Å²) < 4.78 is 0. The quantitative estimate of drug-likeness (QED) is 0.638. The number of likely N-dealkylation sites (tertiary alicyclic amines) is 1. The zero-order valence-corrected chi connectivity index (χ0v) is 9.33. The van der Waals surface area contributed by atoms with E-state index in [2.05, 4.69) is 18.7 Å². The number of hydrogen-bond donors (Lipinski definition) is 0. The Morgan fingerprint density at radius 1 is 1.21 bits per heavy atom. The van der Waals surface area contributed by atoms with Crippen LogP contribution in [0.3, 0.4) is 0 Å². The zero-order valence-electron chi connectivity index (χ0n) is 9.33. The second-order valence-electron chi connectivity index (χ2n) is 5.34. The maximum atomic E-state index is 11.2. The van der Waals surface area contributed by atoms with Crippen LogP contribution in [-0.2, 0) is 4.79 Å². The normalized spacial score (nSPS) is 40.4. The molecule has 80 valence electrons. The molecule has 1 saturated heterocycles. The monoisotopic (exact) mass is 195 g/mol. The fourth-order valence-electron chi connectivity index (χ4n) is 3.12. The van der Waals surface area contributed by atoms with Crippen molar-refractivity contribution < 1.29 is 4.79 Å². The third-order valence-electron chi connectivity index (χ3n) is 3.63. The summed E-state index contributed by atoms with van der Waals surface area (Å²) in [5, 5.41) is 0. The van der Waals surface area contributed by atoms with Gasteiger partial charge in [0.2, 0.25) is 0 Å². The van der Waals surface area contributed by atoms with Gasteiger partial charge in [0, 0.05) is 32.0 Å². The minimum atomic E-state index is 0.473. The van der Waals surface area contributed by atoms with Gasteiger partial charge in [-0.1, -0.05) is 13.8 Å². The molecule has 1 heterocycles. The fraction of sp³-hybridized carbons (Fsp3) is 0.917. The maximum absolute atomic E-state index is 11.2.